The molecule has 3 nitrogen and oxygen atoms in total. The molecule has 0 amide bonds. The monoisotopic (exact) mass is 281 g/mol. The van der Waals surface area contributed by atoms with Crippen molar-refractivity contribution in [1.29, 1.82) is 0 Å². The predicted octanol–water partition coefficient (Wildman–Crippen LogP) is 3.78. The smallest absolute Gasteiger partial charge is 0.142 e. The summed E-state index contributed by atoms with van der Waals surface area (Å²) in [5, 5.41) is 0. The van der Waals surface area contributed by atoms with E-state index in [1.54, 1.807) is 6.07 Å². The Balaban J connectivity index is 2.20. The first-order valence-corrected chi connectivity index (χ1v) is 6.72. The lowest BCUT2D eigenvalue weighted by molar-refractivity contribution is 0.628. The van der Waals surface area contributed by atoms with Crippen molar-refractivity contribution in [3.63, 3.8) is 0 Å². The number of halogens is 1. The van der Waals surface area contributed by atoms with Gasteiger partial charge in [0.25, 0.3) is 0 Å². The summed E-state index contributed by atoms with van der Waals surface area (Å²) in [6.45, 7) is 1.92. The molecule has 2 aromatic carbocycles. The topological polar surface area (TPSA) is 43.8 Å². The third kappa shape index (κ3) is 2.29. The molecule has 0 atom stereocenters. The first kappa shape index (κ1) is 13.4. The van der Waals surface area contributed by atoms with Crippen LogP contribution in [0.1, 0.15) is 5.56 Å². The standard InChI is InChI=1S/C17H16FN3/c1-11-8-9-13(18)10-14(11)15-16(19)21(2)17(20-15)12-6-4-3-5-7-12/h3-10H,19H2,1-2H3. The van der Waals surface area contributed by atoms with Crippen LogP contribution in [-0.2, 0) is 7.05 Å². The number of rotatable bonds is 2. The van der Waals surface area contributed by atoms with E-state index in [1.165, 1.54) is 12.1 Å². The van der Waals surface area contributed by atoms with Crippen molar-refractivity contribution in [2.75, 3.05) is 5.73 Å². The number of aromatic nitrogens is 2. The molecule has 0 saturated heterocycles. The van der Waals surface area contributed by atoms with Crippen LogP contribution in [0.25, 0.3) is 22.6 Å². The van der Waals surface area contributed by atoms with Crippen molar-refractivity contribution in [2.24, 2.45) is 7.05 Å². The number of imidazole rings is 1. The molecule has 4 heteroatoms. The van der Waals surface area contributed by atoms with Gasteiger partial charge in [0.2, 0.25) is 0 Å². The molecule has 1 heterocycles. The van der Waals surface area contributed by atoms with Gasteiger partial charge in [-0.05, 0) is 24.6 Å². The minimum absolute atomic E-state index is 0.290. The van der Waals surface area contributed by atoms with Gasteiger partial charge in [0, 0.05) is 18.2 Å². The summed E-state index contributed by atoms with van der Waals surface area (Å²) in [6, 6.07) is 14.5. The molecule has 0 aliphatic rings. The van der Waals surface area contributed by atoms with Crippen molar-refractivity contribution < 1.29 is 4.39 Å². The van der Waals surface area contributed by atoms with E-state index in [9.17, 15) is 4.39 Å². The van der Waals surface area contributed by atoms with Gasteiger partial charge in [-0.1, -0.05) is 36.4 Å². The number of hydrogen-bond donors (Lipinski definition) is 1. The Kier molecular flexibility index (Phi) is 3.22. The van der Waals surface area contributed by atoms with E-state index in [1.807, 2.05) is 48.9 Å². The predicted molar refractivity (Wildman–Crippen MR) is 83.2 cm³/mol. The van der Waals surface area contributed by atoms with Crippen molar-refractivity contribution >= 4 is 5.82 Å². The Morgan fingerprint density at radius 3 is 2.52 bits per heavy atom. The molecule has 0 spiro atoms. The normalized spacial score (nSPS) is 10.8. The number of nitrogens with zero attached hydrogens (tertiary/aromatic N) is 2. The summed E-state index contributed by atoms with van der Waals surface area (Å²) < 4.78 is 15.3. The van der Waals surface area contributed by atoms with E-state index in [-0.39, 0.29) is 5.82 Å². The second kappa shape index (κ2) is 5.05. The van der Waals surface area contributed by atoms with Crippen molar-refractivity contribution in [3.8, 4) is 22.6 Å². The van der Waals surface area contributed by atoms with Crippen LogP contribution in [0, 0.1) is 12.7 Å². The number of nitrogen functional groups attached to an aromatic ring is 1. The third-order valence-electron chi connectivity index (χ3n) is 3.63. The maximum Gasteiger partial charge on any atom is 0.142 e. The lowest BCUT2D eigenvalue weighted by Gasteiger charge is -2.04. The highest BCUT2D eigenvalue weighted by Crippen LogP contribution is 2.32. The first-order chi connectivity index (χ1) is 10.1. The zero-order chi connectivity index (χ0) is 15.0. The summed E-state index contributed by atoms with van der Waals surface area (Å²) >= 11 is 0. The second-order valence-electron chi connectivity index (χ2n) is 5.05. The fraction of sp³-hybridized carbons (Fsp3) is 0.118. The minimum atomic E-state index is -0.290. The zero-order valence-corrected chi connectivity index (χ0v) is 12.0. The highest BCUT2D eigenvalue weighted by Gasteiger charge is 2.16. The number of anilines is 1. The molecule has 1 aromatic heterocycles. The van der Waals surface area contributed by atoms with Gasteiger partial charge in [-0.3, -0.25) is 0 Å². The van der Waals surface area contributed by atoms with Crippen LogP contribution in [-0.4, -0.2) is 9.55 Å². The molecular weight excluding hydrogens is 265 g/mol. The highest BCUT2D eigenvalue weighted by atomic mass is 19.1. The molecule has 0 aliphatic heterocycles. The lowest BCUT2D eigenvalue weighted by Crippen LogP contribution is -1.99. The molecular formula is C17H16FN3. The molecule has 0 saturated carbocycles. The number of aryl methyl sites for hydroxylation is 1. The van der Waals surface area contributed by atoms with Gasteiger partial charge < -0.3 is 10.3 Å². The van der Waals surface area contributed by atoms with E-state index in [0.717, 1.165) is 22.5 Å². The maximum absolute atomic E-state index is 13.5. The highest BCUT2D eigenvalue weighted by molar-refractivity contribution is 5.77. The summed E-state index contributed by atoms with van der Waals surface area (Å²) in [5.74, 6) is 1.01. The van der Waals surface area contributed by atoms with Crippen LogP contribution in [0.5, 0.6) is 0 Å². The van der Waals surface area contributed by atoms with E-state index in [0.29, 0.717) is 11.5 Å². The van der Waals surface area contributed by atoms with Crippen LogP contribution in [0.2, 0.25) is 0 Å². The average Bonchev–Trinajstić information content (AvgIpc) is 2.79. The van der Waals surface area contributed by atoms with Gasteiger partial charge in [-0.2, -0.15) is 0 Å². The van der Waals surface area contributed by atoms with Gasteiger partial charge in [-0.15, -0.1) is 0 Å². The van der Waals surface area contributed by atoms with Crippen molar-refractivity contribution in [2.45, 2.75) is 6.92 Å². The van der Waals surface area contributed by atoms with Crippen LogP contribution in [0.15, 0.2) is 48.5 Å². The van der Waals surface area contributed by atoms with Crippen LogP contribution < -0.4 is 5.73 Å². The van der Waals surface area contributed by atoms with E-state index < -0.39 is 0 Å². The van der Waals surface area contributed by atoms with Gasteiger partial charge in [-0.25, -0.2) is 9.37 Å². The fourth-order valence-corrected chi connectivity index (χ4v) is 2.40. The molecule has 2 N–H and O–H groups in total. The molecule has 3 rings (SSSR count). The molecule has 0 radical (unpaired) electrons. The maximum atomic E-state index is 13.5. The van der Waals surface area contributed by atoms with Gasteiger partial charge in [0.15, 0.2) is 0 Å². The van der Waals surface area contributed by atoms with Gasteiger partial charge in [0.1, 0.15) is 23.2 Å². The summed E-state index contributed by atoms with van der Waals surface area (Å²) in [5.41, 5.74) is 9.44. The zero-order valence-electron chi connectivity index (χ0n) is 12.0. The quantitative estimate of drug-likeness (QED) is 0.776. The Bertz CT molecular complexity index is 791. The largest absolute Gasteiger partial charge is 0.383 e. The Morgan fingerprint density at radius 2 is 1.81 bits per heavy atom. The molecule has 0 fully saturated rings. The first-order valence-electron chi connectivity index (χ1n) is 6.72. The van der Waals surface area contributed by atoms with Crippen LogP contribution in [0.3, 0.4) is 0 Å². The lowest BCUT2D eigenvalue weighted by atomic mass is 10.1. The van der Waals surface area contributed by atoms with Crippen LogP contribution in [0.4, 0.5) is 10.2 Å². The summed E-state index contributed by atoms with van der Waals surface area (Å²) in [7, 11) is 1.86. The molecule has 106 valence electrons. The van der Waals surface area contributed by atoms with E-state index in [4.69, 9.17) is 5.73 Å². The van der Waals surface area contributed by atoms with Gasteiger partial charge in [0.05, 0.1) is 0 Å². The van der Waals surface area contributed by atoms with Crippen LogP contribution >= 0.6 is 0 Å². The Hall–Kier alpha value is -2.62. The minimum Gasteiger partial charge on any atom is -0.383 e. The summed E-state index contributed by atoms with van der Waals surface area (Å²) in [4.78, 5) is 4.62. The number of hydrogen-bond acceptors (Lipinski definition) is 2. The molecule has 3 aromatic rings. The van der Waals surface area contributed by atoms with E-state index >= 15 is 0 Å². The second-order valence-corrected chi connectivity index (χ2v) is 5.05. The summed E-state index contributed by atoms with van der Waals surface area (Å²) in [6.07, 6.45) is 0. The Labute approximate surface area is 122 Å². The number of benzene rings is 2. The molecule has 0 unspecified atom stereocenters. The molecule has 0 aliphatic carbocycles. The number of nitrogens with two attached hydrogens (primary N) is 1. The third-order valence-corrected chi connectivity index (χ3v) is 3.63. The average molecular weight is 281 g/mol. The SMILES string of the molecule is Cc1ccc(F)cc1-c1nc(-c2ccccc2)n(C)c1N. The Morgan fingerprint density at radius 1 is 1.10 bits per heavy atom. The van der Waals surface area contributed by atoms with Crippen molar-refractivity contribution in [3.05, 3.63) is 59.9 Å². The van der Waals surface area contributed by atoms with Crippen molar-refractivity contribution in [1.82, 2.24) is 9.55 Å². The fourth-order valence-electron chi connectivity index (χ4n) is 2.40. The van der Waals surface area contributed by atoms with E-state index in [2.05, 4.69) is 4.98 Å². The van der Waals surface area contributed by atoms with Gasteiger partial charge >= 0.3 is 0 Å². The molecule has 0 bridgehead atoms. The molecule has 21 heavy (non-hydrogen) atoms.